The summed E-state index contributed by atoms with van der Waals surface area (Å²) in [6, 6.07) is 0. The molecule has 0 saturated heterocycles. The summed E-state index contributed by atoms with van der Waals surface area (Å²) in [7, 11) is 0. The topological polar surface area (TPSA) is 63.6 Å². The first-order chi connectivity index (χ1) is 9.48. The number of carboxylic acids is 1. The molecule has 0 amide bonds. The number of carbonyl (C=O) groups is 2. The van der Waals surface area contributed by atoms with Crippen LogP contribution in [0.4, 0.5) is 0 Å². The SMILES string of the molecule is CCCCCCCC[C@@]1(C)SC(=O)C=C1OCC(=O)O. The minimum Gasteiger partial charge on any atom is -0.485 e. The van der Waals surface area contributed by atoms with Gasteiger partial charge in [-0.15, -0.1) is 0 Å². The van der Waals surface area contributed by atoms with Crippen molar-refractivity contribution in [2.24, 2.45) is 0 Å². The number of rotatable bonds is 10. The largest absolute Gasteiger partial charge is 0.485 e. The molecule has 0 fully saturated rings. The summed E-state index contributed by atoms with van der Waals surface area (Å²) in [5.74, 6) is -0.499. The first-order valence-corrected chi connectivity index (χ1v) is 8.09. The van der Waals surface area contributed by atoms with Crippen molar-refractivity contribution in [1.82, 2.24) is 0 Å². The minimum absolute atomic E-state index is 0.0427. The fraction of sp³-hybridized carbons (Fsp3) is 0.733. The predicted molar refractivity (Wildman–Crippen MR) is 80.7 cm³/mol. The zero-order chi connectivity index (χ0) is 15.0. The second-order valence-electron chi connectivity index (χ2n) is 5.36. The number of thioether (sulfide) groups is 1. The van der Waals surface area contributed by atoms with Crippen molar-refractivity contribution in [3.63, 3.8) is 0 Å². The monoisotopic (exact) mass is 300 g/mol. The van der Waals surface area contributed by atoms with Gasteiger partial charge >= 0.3 is 5.97 Å². The molecule has 0 saturated carbocycles. The van der Waals surface area contributed by atoms with Gasteiger partial charge in [-0.3, -0.25) is 4.79 Å². The van der Waals surface area contributed by atoms with Gasteiger partial charge in [0.05, 0.1) is 4.75 Å². The zero-order valence-electron chi connectivity index (χ0n) is 12.3. The van der Waals surface area contributed by atoms with Crippen LogP contribution >= 0.6 is 11.8 Å². The molecule has 0 aromatic carbocycles. The molecule has 1 atom stereocenters. The molecule has 1 aliphatic rings. The number of ether oxygens (including phenoxy) is 1. The lowest BCUT2D eigenvalue weighted by Crippen LogP contribution is -2.23. The van der Waals surface area contributed by atoms with Crippen LogP contribution in [0.5, 0.6) is 0 Å². The van der Waals surface area contributed by atoms with E-state index in [1.54, 1.807) is 0 Å². The molecule has 0 unspecified atom stereocenters. The van der Waals surface area contributed by atoms with Gasteiger partial charge in [-0.1, -0.05) is 57.2 Å². The summed E-state index contributed by atoms with van der Waals surface area (Å²) in [4.78, 5) is 22.1. The zero-order valence-corrected chi connectivity index (χ0v) is 13.1. The van der Waals surface area contributed by atoms with Crippen molar-refractivity contribution in [2.45, 2.75) is 63.5 Å². The van der Waals surface area contributed by atoms with E-state index in [-0.39, 0.29) is 11.7 Å². The summed E-state index contributed by atoms with van der Waals surface area (Å²) in [6.45, 7) is 3.77. The van der Waals surface area contributed by atoms with E-state index in [1.165, 1.54) is 43.5 Å². The number of hydrogen-bond donors (Lipinski definition) is 1. The van der Waals surface area contributed by atoms with Crippen LogP contribution in [0.25, 0.3) is 0 Å². The number of carboxylic acid groups (broad SMARTS) is 1. The van der Waals surface area contributed by atoms with Gasteiger partial charge in [0, 0.05) is 6.08 Å². The van der Waals surface area contributed by atoms with Gasteiger partial charge in [0.15, 0.2) is 6.61 Å². The molecule has 1 N–H and O–H groups in total. The lowest BCUT2D eigenvalue weighted by atomic mass is 9.99. The molecular formula is C15H24O4S. The molecule has 0 aromatic heterocycles. The molecule has 1 aliphatic heterocycles. The van der Waals surface area contributed by atoms with Crippen molar-refractivity contribution >= 4 is 22.8 Å². The van der Waals surface area contributed by atoms with E-state index in [0.29, 0.717) is 5.76 Å². The predicted octanol–water partition coefficient (Wildman–Crippen LogP) is 3.75. The van der Waals surface area contributed by atoms with Crippen molar-refractivity contribution in [3.8, 4) is 0 Å². The highest BCUT2D eigenvalue weighted by atomic mass is 32.2. The fourth-order valence-electron chi connectivity index (χ4n) is 2.31. The third kappa shape index (κ3) is 5.57. The lowest BCUT2D eigenvalue weighted by Gasteiger charge is -2.25. The van der Waals surface area contributed by atoms with E-state index >= 15 is 0 Å². The molecule has 0 aromatic rings. The second-order valence-corrected chi connectivity index (χ2v) is 6.87. The molecule has 5 heteroatoms. The van der Waals surface area contributed by atoms with E-state index in [2.05, 4.69) is 6.92 Å². The van der Waals surface area contributed by atoms with Crippen molar-refractivity contribution in [2.75, 3.05) is 6.61 Å². The standard InChI is InChI=1S/C15H24O4S/c1-3-4-5-6-7-8-9-15(2)12(10-14(18)20-15)19-11-13(16)17/h10H,3-9,11H2,1-2H3,(H,16,17)/t15-/m1/s1. The summed E-state index contributed by atoms with van der Waals surface area (Å²) in [5.41, 5.74) is 0. The fourth-order valence-corrected chi connectivity index (χ4v) is 3.39. The first-order valence-electron chi connectivity index (χ1n) is 7.27. The average molecular weight is 300 g/mol. The van der Waals surface area contributed by atoms with Crippen molar-refractivity contribution in [3.05, 3.63) is 11.8 Å². The Labute approximate surface area is 125 Å². The van der Waals surface area contributed by atoms with E-state index in [0.717, 1.165) is 19.3 Å². The van der Waals surface area contributed by atoms with Crippen LogP contribution in [-0.4, -0.2) is 27.5 Å². The Bertz CT molecular complexity index is 378. The van der Waals surface area contributed by atoms with Crippen LogP contribution in [0, 0.1) is 0 Å². The molecule has 1 heterocycles. The van der Waals surface area contributed by atoms with Gasteiger partial charge < -0.3 is 9.84 Å². The molecule has 4 nitrogen and oxygen atoms in total. The van der Waals surface area contributed by atoms with Crippen LogP contribution in [0.3, 0.4) is 0 Å². The molecule has 114 valence electrons. The normalized spacial score (nSPS) is 21.9. The maximum absolute atomic E-state index is 11.5. The van der Waals surface area contributed by atoms with E-state index in [9.17, 15) is 9.59 Å². The van der Waals surface area contributed by atoms with E-state index < -0.39 is 10.7 Å². The Morgan fingerprint density at radius 3 is 2.60 bits per heavy atom. The second kappa shape index (κ2) is 8.35. The summed E-state index contributed by atoms with van der Waals surface area (Å²) < 4.78 is 4.87. The Kier molecular flexibility index (Phi) is 7.13. The van der Waals surface area contributed by atoms with Crippen LogP contribution < -0.4 is 0 Å². The highest BCUT2D eigenvalue weighted by Gasteiger charge is 2.39. The summed E-state index contributed by atoms with van der Waals surface area (Å²) in [5, 5.41) is 8.62. The summed E-state index contributed by atoms with van der Waals surface area (Å²) >= 11 is 1.25. The van der Waals surface area contributed by atoms with Crippen LogP contribution in [0.2, 0.25) is 0 Å². The van der Waals surface area contributed by atoms with Gasteiger partial charge in [-0.05, 0) is 13.3 Å². The minimum atomic E-state index is -1.02. The number of aliphatic carboxylic acids is 1. The molecule has 0 radical (unpaired) electrons. The smallest absolute Gasteiger partial charge is 0.341 e. The van der Waals surface area contributed by atoms with Crippen LogP contribution in [0.1, 0.15) is 58.8 Å². The molecular weight excluding hydrogens is 276 g/mol. The van der Waals surface area contributed by atoms with Gasteiger partial charge in [-0.2, -0.15) is 0 Å². The third-order valence-corrected chi connectivity index (χ3v) is 4.63. The molecule has 0 bridgehead atoms. The van der Waals surface area contributed by atoms with Crippen molar-refractivity contribution < 1.29 is 19.4 Å². The van der Waals surface area contributed by atoms with E-state index in [4.69, 9.17) is 9.84 Å². The third-order valence-electron chi connectivity index (χ3n) is 3.45. The van der Waals surface area contributed by atoms with Gasteiger partial charge in [0.25, 0.3) is 0 Å². The lowest BCUT2D eigenvalue weighted by molar-refractivity contribution is -0.141. The average Bonchev–Trinajstić information content (AvgIpc) is 2.66. The highest BCUT2D eigenvalue weighted by molar-refractivity contribution is 8.15. The summed E-state index contributed by atoms with van der Waals surface area (Å²) in [6.07, 6.45) is 9.46. The van der Waals surface area contributed by atoms with Gasteiger partial charge in [-0.25, -0.2) is 4.79 Å². The molecule has 20 heavy (non-hydrogen) atoms. The maximum Gasteiger partial charge on any atom is 0.341 e. The maximum atomic E-state index is 11.5. The molecule has 0 spiro atoms. The molecule has 1 rings (SSSR count). The Hall–Kier alpha value is -0.970. The van der Waals surface area contributed by atoms with Crippen molar-refractivity contribution in [1.29, 1.82) is 0 Å². The number of carbonyl (C=O) groups excluding carboxylic acids is 1. The Morgan fingerprint density at radius 2 is 1.95 bits per heavy atom. The number of hydrogen-bond acceptors (Lipinski definition) is 4. The first kappa shape index (κ1) is 17.1. The van der Waals surface area contributed by atoms with Crippen LogP contribution in [0.15, 0.2) is 11.8 Å². The Balaban J connectivity index is 2.38. The Morgan fingerprint density at radius 1 is 1.30 bits per heavy atom. The van der Waals surface area contributed by atoms with Gasteiger partial charge in [0.2, 0.25) is 5.12 Å². The van der Waals surface area contributed by atoms with Gasteiger partial charge in [0.1, 0.15) is 5.76 Å². The highest BCUT2D eigenvalue weighted by Crippen LogP contribution is 2.43. The molecule has 0 aliphatic carbocycles. The number of unbranched alkanes of at least 4 members (excludes halogenated alkanes) is 5. The quantitative estimate of drug-likeness (QED) is 0.622. The van der Waals surface area contributed by atoms with Crippen LogP contribution in [-0.2, 0) is 14.3 Å². The van der Waals surface area contributed by atoms with E-state index in [1.807, 2.05) is 6.92 Å².